The number of unbranched alkanes of at least 4 members (excludes halogenated alkanes) is 4. The zero-order valence-corrected chi connectivity index (χ0v) is 70.2. The molecule has 2 heterocycles. The summed E-state index contributed by atoms with van der Waals surface area (Å²) in [6, 6.07) is 22.4. The zero-order chi connectivity index (χ0) is 83.8. The van der Waals surface area contributed by atoms with Crippen LogP contribution in [0.25, 0.3) is 0 Å². The molecule has 628 valence electrons. The lowest BCUT2D eigenvalue weighted by Crippen LogP contribution is -2.25. The summed E-state index contributed by atoms with van der Waals surface area (Å²) >= 11 is 12.0. The molecule has 4 aromatic rings. The van der Waals surface area contributed by atoms with Crippen molar-refractivity contribution in [1.29, 1.82) is 0 Å². The smallest absolute Gasteiger partial charge is 0.303 e. The fraction of sp³-hybridized carbons (Fsp3) is 0.533. The minimum absolute atomic E-state index is 0.0380. The lowest BCUT2D eigenvalue weighted by molar-refractivity contribution is -0.138. The molecular weight excluding hydrogens is 1620 g/mol. The molecule has 0 spiro atoms. The number of methoxy groups -OCH3 is 1. The number of carbonyl (C=O) groups excluding carboxylic acids is 9. The molecule has 0 aliphatic carbocycles. The first-order valence-electron chi connectivity index (χ1n) is 36.4. The minimum atomic E-state index is -0.808. The van der Waals surface area contributed by atoms with Crippen LogP contribution in [0.5, 0.6) is 5.88 Å². The number of carboxylic acids is 4. The van der Waals surface area contributed by atoms with Crippen LogP contribution in [0.2, 0.25) is 0 Å². The van der Waals surface area contributed by atoms with Crippen molar-refractivity contribution >= 4 is 177 Å². The molecule has 0 bridgehead atoms. The van der Waals surface area contributed by atoms with Crippen molar-refractivity contribution in [1.82, 2.24) is 25.9 Å². The van der Waals surface area contributed by atoms with Crippen LogP contribution in [0.15, 0.2) is 91.3 Å². The van der Waals surface area contributed by atoms with Crippen molar-refractivity contribution in [3.05, 3.63) is 119 Å². The molecule has 113 heavy (non-hydrogen) atoms. The topological polar surface area (TPSA) is 516 Å². The molecule has 0 fully saturated rings. The highest BCUT2D eigenvalue weighted by molar-refractivity contribution is 8.02. The summed E-state index contributed by atoms with van der Waals surface area (Å²) in [5.74, 6) is -0.0294. The van der Waals surface area contributed by atoms with E-state index in [9.17, 15) is 66.7 Å². The molecule has 4 unspecified atom stereocenters. The van der Waals surface area contributed by atoms with Gasteiger partial charge in [0.25, 0.3) is 5.91 Å². The number of amides is 9. The lowest BCUT2D eigenvalue weighted by atomic mass is 10.1. The maximum Gasteiger partial charge on any atom is 0.303 e. The number of benzene rings is 2. The number of anilines is 1. The first kappa shape index (κ1) is 103. The highest BCUT2D eigenvalue weighted by Gasteiger charge is 2.18. The summed E-state index contributed by atoms with van der Waals surface area (Å²) in [5, 5.41) is 46.8. The van der Waals surface area contributed by atoms with Crippen molar-refractivity contribution in [3.63, 3.8) is 0 Å². The fourth-order valence-corrected chi connectivity index (χ4v) is 17.7. The molecule has 0 saturated heterocycles. The van der Waals surface area contributed by atoms with Gasteiger partial charge in [-0.25, -0.2) is 9.37 Å². The van der Waals surface area contributed by atoms with Crippen molar-refractivity contribution in [2.45, 2.75) is 169 Å². The average Bonchev–Trinajstić information content (AvgIpc) is 0.920. The Labute approximate surface area is 694 Å². The van der Waals surface area contributed by atoms with Gasteiger partial charge in [-0.3, -0.25) is 67.3 Å². The second-order valence-electron chi connectivity index (χ2n) is 25.0. The van der Waals surface area contributed by atoms with Crippen LogP contribution in [0, 0.1) is 5.82 Å². The summed E-state index contributed by atoms with van der Waals surface area (Å²) in [6.07, 6.45) is 16.0. The molecule has 4 rings (SSSR count). The number of aliphatic carboxylic acids is 4. The maximum absolute atomic E-state index is 13.5. The van der Waals surface area contributed by atoms with Crippen LogP contribution < -0.4 is 54.7 Å². The average molecular weight is 1730 g/mol. The van der Waals surface area contributed by atoms with E-state index >= 15 is 0 Å². The van der Waals surface area contributed by atoms with E-state index in [1.54, 1.807) is 55.4 Å². The predicted molar refractivity (Wildman–Crippen MR) is 455 cm³/mol. The monoisotopic (exact) mass is 1730 g/mol. The number of carbonyl (C=O) groups is 13. The maximum atomic E-state index is 13.5. The third kappa shape index (κ3) is 62.4. The van der Waals surface area contributed by atoms with Gasteiger partial charge in [-0.2, -0.15) is 47.0 Å². The standard InChI is InChI=1S/C19H27FN2O4S2.C19H28N4O5S2.C19H29N3O5S2.C18H26N2O4S2/c20-16-7-3-1-5-14(16)11-22-18(24)13-27-10-9-15(28-12-17(21)23)6-2-4-8-19(25)26;20-16(24)11-30-14(3-1-2-4-18(26)27)7-8-29-12-17(25)23-10-13-5-6-15(19(21)28)22-9-13;1-27-18-7-6-14(11-22-18)10-21-17(24)13-28-9-8-15(29-12-16(20)23)4-2-3-5-19(25)26;19-16(21)12-26-15(8-4-5-9-18(23)24)10-11-25-13-17(22)20-14-6-2-1-3-7-14/h1,3,5,7,15H,2,4,6,8-13H2,(H2,21,23)(H,22,24)(H,25,26);5-6,9,14H,1-4,7-8,10-12H2,(H2,20,24)(H2,21,28)(H,23,25)(H,26,27);6-7,11,15H,2-5,8-10,12-13H2,1H3,(H2,20,23)(H,21,24)(H,25,26);1-3,6-7,15H,4-5,8-13H2,(H2,19,21)(H,20,22)(H,23,24). The van der Waals surface area contributed by atoms with E-state index in [0.717, 1.165) is 117 Å². The molecule has 4 atom stereocenters. The van der Waals surface area contributed by atoms with E-state index in [4.69, 9.17) is 53.8 Å². The third-order valence-electron chi connectivity index (χ3n) is 15.3. The van der Waals surface area contributed by atoms with Crippen LogP contribution in [0.4, 0.5) is 10.1 Å². The molecule has 0 saturated carbocycles. The lowest BCUT2D eigenvalue weighted by Gasteiger charge is -2.15. The van der Waals surface area contributed by atoms with Crippen LogP contribution in [-0.4, -0.2) is 205 Å². The highest BCUT2D eigenvalue weighted by Crippen LogP contribution is 2.27. The number of halogens is 1. The highest BCUT2D eigenvalue weighted by atomic mass is 32.2. The number of rotatable bonds is 61. The summed E-state index contributed by atoms with van der Waals surface area (Å²) in [4.78, 5) is 153. The SMILES string of the molecule is COc1ccc(CNC(=O)CSCCC(CCCCC(=O)O)SCC(N)=O)cn1.NC(=O)CSC(CCCCC(=O)O)CCSCC(=O)NCc1ccc(C(N)=O)nc1.NC(=O)CSC(CCCCC(=O)O)CCSCC(=O)NCc1ccccc1F.NC(=O)CSC(CCCCC(=O)O)CCSCC(=O)Nc1ccccc1. The molecular formula is C75H110FN11O18S8. The summed E-state index contributed by atoms with van der Waals surface area (Å²) in [6.45, 7) is 0.885. The van der Waals surface area contributed by atoms with E-state index in [2.05, 4.69) is 31.2 Å². The first-order valence-corrected chi connectivity index (χ1v) is 45.2. The molecule has 29 nitrogen and oxygen atoms in total. The van der Waals surface area contributed by atoms with Crippen LogP contribution >= 0.6 is 94.1 Å². The summed E-state index contributed by atoms with van der Waals surface area (Å²) in [5.41, 5.74) is 29.0. The van der Waals surface area contributed by atoms with Gasteiger partial charge in [0.1, 0.15) is 11.5 Å². The van der Waals surface area contributed by atoms with Gasteiger partial charge in [0.2, 0.25) is 53.1 Å². The normalized spacial score (nSPS) is 11.7. The van der Waals surface area contributed by atoms with Gasteiger partial charge in [0, 0.05) is 96.0 Å². The van der Waals surface area contributed by atoms with Gasteiger partial charge in [-0.1, -0.05) is 74.2 Å². The van der Waals surface area contributed by atoms with Gasteiger partial charge >= 0.3 is 23.9 Å². The van der Waals surface area contributed by atoms with Gasteiger partial charge in [-0.15, -0.1) is 47.0 Å². The molecule has 2 aromatic carbocycles. The number of thioether (sulfide) groups is 8. The van der Waals surface area contributed by atoms with E-state index in [1.807, 2.05) is 36.4 Å². The van der Waals surface area contributed by atoms with Crippen molar-refractivity contribution < 1.29 is 91.9 Å². The summed E-state index contributed by atoms with van der Waals surface area (Å²) < 4.78 is 18.5. The van der Waals surface area contributed by atoms with E-state index < -0.39 is 29.8 Å². The fourth-order valence-electron chi connectivity index (χ4n) is 9.58. The van der Waals surface area contributed by atoms with E-state index in [1.165, 1.54) is 101 Å². The third-order valence-corrected chi connectivity index (χ3v) is 24.9. The molecule has 0 aliphatic rings. The Bertz CT molecular complexity index is 3460. The van der Waals surface area contributed by atoms with Crippen LogP contribution in [-0.2, 0) is 77.2 Å². The summed E-state index contributed by atoms with van der Waals surface area (Å²) in [7, 11) is 1.55. The predicted octanol–water partition coefficient (Wildman–Crippen LogP) is 8.99. The Morgan fingerprint density at radius 1 is 0.398 bits per heavy atom. The Hall–Kier alpha value is -7.62. The number of nitrogens with one attached hydrogen (secondary N) is 4. The first-order chi connectivity index (χ1) is 54.0. The number of nitrogens with two attached hydrogens (primary N) is 5. The number of carboxylic acid groups (broad SMARTS) is 4. The number of nitrogens with zero attached hydrogens (tertiary/aromatic N) is 2. The quantitative estimate of drug-likeness (QED) is 0.0183. The number of para-hydroxylation sites is 1. The molecule has 2 aromatic heterocycles. The van der Waals surface area contributed by atoms with Crippen molar-refractivity contribution in [3.8, 4) is 5.88 Å². The Kier molecular flexibility index (Phi) is 61.0. The molecule has 18 N–H and O–H groups in total. The van der Waals surface area contributed by atoms with Gasteiger partial charge in [0.05, 0.1) is 53.1 Å². The molecule has 0 radical (unpaired) electrons. The zero-order valence-electron chi connectivity index (χ0n) is 63.6. The number of hydrogen-bond acceptors (Lipinski definition) is 24. The van der Waals surface area contributed by atoms with Gasteiger partial charge in [-0.05, 0) is 135 Å². The van der Waals surface area contributed by atoms with Gasteiger partial charge in [0.15, 0.2) is 0 Å². The van der Waals surface area contributed by atoms with Crippen molar-refractivity contribution in [2.75, 3.05) is 81.5 Å². The number of pyridine rings is 2. The number of ether oxygens (including phenoxy) is 1. The minimum Gasteiger partial charge on any atom is -0.481 e. The Morgan fingerprint density at radius 3 is 1.04 bits per heavy atom. The van der Waals surface area contributed by atoms with Crippen molar-refractivity contribution in [2.24, 2.45) is 28.7 Å². The number of aromatic nitrogens is 2. The largest absolute Gasteiger partial charge is 0.481 e. The van der Waals surface area contributed by atoms with E-state index in [-0.39, 0.29) is 141 Å². The van der Waals surface area contributed by atoms with Crippen LogP contribution in [0.3, 0.4) is 0 Å². The molecule has 0 aliphatic heterocycles. The molecule has 9 amide bonds. The van der Waals surface area contributed by atoms with Crippen LogP contribution in [0.1, 0.15) is 156 Å². The van der Waals surface area contributed by atoms with E-state index in [0.29, 0.717) is 67.5 Å². The number of primary amides is 5. The van der Waals surface area contributed by atoms with Gasteiger partial charge < -0.3 is 75.1 Å². The Balaban J connectivity index is 0.000000754. The Morgan fingerprint density at radius 2 is 0.735 bits per heavy atom. The second kappa shape index (κ2) is 66.6. The second-order valence-corrected chi connectivity index (χ2v) is 34.6. The number of hydrogen-bond donors (Lipinski definition) is 13. The molecule has 38 heteroatoms.